The molecule has 3 aliphatic rings. The first-order valence-corrected chi connectivity index (χ1v) is 9.46. The first-order valence-electron chi connectivity index (χ1n) is 9.46. The van der Waals surface area contributed by atoms with Gasteiger partial charge in [0.2, 0.25) is 11.8 Å². The molecule has 1 amide bonds. The highest BCUT2D eigenvalue weighted by atomic mass is 16.5. The fraction of sp³-hybridized carbons (Fsp3) is 0.833. The highest BCUT2D eigenvalue weighted by molar-refractivity contribution is 5.76. The predicted octanol–water partition coefficient (Wildman–Crippen LogP) is 2.24. The minimum atomic E-state index is 0.398. The molecule has 0 N–H and O–H groups in total. The third kappa shape index (κ3) is 3.48. The summed E-state index contributed by atoms with van der Waals surface area (Å²) in [5.74, 6) is 3.93. The second-order valence-electron chi connectivity index (χ2n) is 7.91. The molecule has 2 unspecified atom stereocenters. The zero-order chi connectivity index (χ0) is 16.5. The standard InChI is InChI=1S/C18H28N4O2/c1-13-19-17(24-20-13)12-21-7-5-14(6-8-21)9-18(23)22-10-15-3-2-4-16(15)11-22/h14-16H,2-12H2,1H3. The normalized spacial score (nSPS) is 28.5. The van der Waals surface area contributed by atoms with Crippen LogP contribution in [0.5, 0.6) is 0 Å². The fourth-order valence-corrected chi connectivity index (χ4v) is 4.76. The van der Waals surface area contributed by atoms with E-state index in [0.29, 0.717) is 23.5 Å². The molecule has 6 heteroatoms. The molecule has 2 atom stereocenters. The molecule has 1 aromatic rings. The van der Waals surface area contributed by atoms with E-state index < -0.39 is 0 Å². The van der Waals surface area contributed by atoms with E-state index >= 15 is 0 Å². The van der Waals surface area contributed by atoms with E-state index in [1.807, 2.05) is 6.92 Å². The molecule has 24 heavy (non-hydrogen) atoms. The van der Waals surface area contributed by atoms with Crippen LogP contribution in [0.25, 0.3) is 0 Å². The van der Waals surface area contributed by atoms with Crippen molar-refractivity contribution in [2.45, 2.75) is 52.0 Å². The van der Waals surface area contributed by atoms with Crippen LogP contribution in [0.1, 0.15) is 50.2 Å². The van der Waals surface area contributed by atoms with E-state index in [2.05, 4.69) is 19.9 Å². The molecular weight excluding hydrogens is 304 g/mol. The number of amides is 1. The van der Waals surface area contributed by atoms with Crippen molar-refractivity contribution in [3.05, 3.63) is 11.7 Å². The summed E-state index contributed by atoms with van der Waals surface area (Å²) in [7, 11) is 0. The van der Waals surface area contributed by atoms with Crippen LogP contribution >= 0.6 is 0 Å². The van der Waals surface area contributed by atoms with Crippen LogP contribution in [0.4, 0.5) is 0 Å². The Morgan fingerprint density at radius 3 is 2.50 bits per heavy atom. The van der Waals surface area contributed by atoms with Gasteiger partial charge in [0.25, 0.3) is 0 Å². The number of hydrogen-bond acceptors (Lipinski definition) is 5. The number of aromatic nitrogens is 2. The van der Waals surface area contributed by atoms with Crippen LogP contribution in [0.3, 0.4) is 0 Å². The molecule has 0 spiro atoms. The molecule has 0 bridgehead atoms. The number of rotatable bonds is 4. The minimum Gasteiger partial charge on any atom is -0.342 e. The van der Waals surface area contributed by atoms with Crippen molar-refractivity contribution < 1.29 is 9.32 Å². The Labute approximate surface area is 143 Å². The highest BCUT2D eigenvalue weighted by Crippen LogP contribution is 2.38. The van der Waals surface area contributed by atoms with E-state index in [-0.39, 0.29) is 0 Å². The lowest BCUT2D eigenvalue weighted by Crippen LogP contribution is -2.36. The summed E-state index contributed by atoms with van der Waals surface area (Å²) in [4.78, 5) is 21.4. The van der Waals surface area contributed by atoms with Gasteiger partial charge in [0.05, 0.1) is 6.54 Å². The Kier molecular flexibility index (Phi) is 4.57. The van der Waals surface area contributed by atoms with Gasteiger partial charge in [-0.25, -0.2) is 0 Å². The van der Waals surface area contributed by atoms with Crippen LogP contribution in [0, 0.1) is 24.7 Å². The lowest BCUT2D eigenvalue weighted by atomic mass is 9.93. The second-order valence-corrected chi connectivity index (χ2v) is 7.91. The van der Waals surface area contributed by atoms with Gasteiger partial charge in [-0.15, -0.1) is 0 Å². The summed E-state index contributed by atoms with van der Waals surface area (Å²) in [5, 5.41) is 3.84. The summed E-state index contributed by atoms with van der Waals surface area (Å²) >= 11 is 0. The monoisotopic (exact) mass is 332 g/mol. The molecule has 132 valence electrons. The highest BCUT2D eigenvalue weighted by Gasteiger charge is 2.38. The average Bonchev–Trinajstić information content (AvgIpc) is 3.25. The molecule has 2 saturated heterocycles. The van der Waals surface area contributed by atoms with Crippen molar-refractivity contribution >= 4 is 5.91 Å². The van der Waals surface area contributed by atoms with Gasteiger partial charge in [0.15, 0.2) is 5.82 Å². The molecule has 4 rings (SSSR count). The molecule has 1 aromatic heterocycles. The Balaban J connectivity index is 1.21. The van der Waals surface area contributed by atoms with Crippen LogP contribution in [0.2, 0.25) is 0 Å². The summed E-state index contributed by atoms with van der Waals surface area (Å²) in [5.41, 5.74) is 0. The Morgan fingerprint density at radius 2 is 1.88 bits per heavy atom. The van der Waals surface area contributed by atoms with Crippen molar-refractivity contribution in [3.63, 3.8) is 0 Å². The molecule has 3 heterocycles. The second kappa shape index (κ2) is 6.82. The topological polar surface area (TPSA) is 62.5 Å². The van der Waals surface area contributed by atoms with Gasteiger partial charge in [0.1, 0.15) is 0 Å². The lowest BCUT2D eigenvalue weighted by molar-refractivity contribution is -0.131. The zero-order valence-corrected chi connectivity index (χ0v) is 14.6. The minimum absolute atomic E-state index is 0.398. The van der Waals surface area contributed by atoms with E-state index in [9.17, 15) is 4.79 Å². The van der Waals surface area contributed by atoms with Crippen LogP contribution in [-0.4, -0.2) is 52.0 Å². The summed E-state index contributed by atoms with van der Waals surface area (Å²) in [6.45, 7) is 6.67. The molecule has 2 aliphatic heterocycles. The number of fused-ring (bicyclic) bond motifs is 1. The number of piperidine rings is 1. The van der Waals surface area contributed by atoms with Crippen LogP contribution < -0.4 is 0 Å². The number of carbonyl (C=O) groups excluding carboxylic acids is 1. The quantitative estimate of drug-likeness (QED) is 0.846. The van der Waals surface area contributed by atoms with Crippen LogP contribution in [0.15, 0.2) is 4.52 Å². The van der Waals surface area contributed by atoms with Crippen molar-refractivity contribution in [1.29, 1.82) is 0 Å². The smallest absolute Gasteiger partial charge is 0.240 e. The van der Waals surface area contributed by atoms with Crippen molar-refractivity contribution in [1.82, 2.24) is 19.9 Å². The maximum Gasteiger partial charge on any atom is 0.240 e. The van der Waals surface area contributed by atoms with Crippen LogP contribution in [-0.2, 0) is 11.3 Å². The van der Waals surface area contributed by atoms with Crippen molar-refractivity contribution in [3.8, 4) is 0 Å². The molecule has 6 nitrogen and oxygen atoms in total. The molecule has 1 saturated carbocycles. The molecule has 0 aromatic carbocycles. The van der Waals surface area contributed by atoms with Gasteiger partial charge < -0.3 is 9.42 Å². The average molecular weight is 332 g/mol. The molecule has 3 fully saturated rings. The van der Waals surface area contributed by atoms with E-state index in [0.717, 1.165) is 63.8 Å². The van der Waals surface area contributed by atoms with Gasteiger partial charge in [-0.1, -0.05) is 11.6 Å². The number of aryl methyl sites for hydroxylation is 1. The largest absolute Gasteiger partial charge is 0.342 e. The Hall–Kier alpha value is -1.43. The van der Waals surface area contributed by atoms with Gasteiger partial charge >= 0.3 is 0 Å². The van der Waals surface area contributed by atoms with Gasteiger partial charge in [-0.3, -0.25) is 9.69 Å². The lowest BCUT2D eigenvalue weighted by Gasteiger charge is -2.31. The summed E-state index contributed by atoms with van der Waals surface area (Å²) < 4.78 is 5.20. The number of carbonyl (C=O) groups is 1. The Morgan fingerprint density at radius 1 is 1.17 bits per heavy atom. The van der Waals surface area contributed by atoms with E-state index in [1.54, 1.807) is 0 Å². The molecule has 0 radical (unpaired) electrons. The maximum absolute atomic E-state index is 12.6. The van der Waals surface area contributed by atoms with E-state index in [1.165, 1.54) is 19.3 Å². The van der Waals surface area contributed by atoms with E-state index in [4.69, 9.17) is 4.52 Å². The zero-order valence-electron chi connectivity index (χ0n) is 14.6. The van der Waals surface area contributed by atoms with Gasteiger partial charge in [0, 0.05) is 19.5 Å². The predicted molar refractivity (Wildman–Crippen MR) is 89.1 cm³/mol. The fourth-order valence-electron chi connectivity index (χ4n) is 4.76. The third-order valence-electron chi connectivity index (χ3n) is 6.18. The summed E-state index contributed by atoms with van der Waals surface area (Å²) in [6, 6.07) is 0. The van der Waals surface area contributed by atoms with Crippen molar-refractivity contribution in [2.24, 2.45) is 17.8 Å². The van der Waals surface area contributed by atoms with Crippen molar-refractivity contribution in [2.75, 3.05) is 26.2 Å². The Bertz CT molecular complexity index is 567. The first kappa shape index (κ1) is 16.1. The maximum atomic E-state index is 12.6. The number of likely N-dealkylation sites (tertiary alicyclic amines) is 2. The number of nitrogens with zero attached hydrogens (tertiary/aromatic N) is 4. The third-order valence-corrected chi connectivity index (χ3v) is 6.18. The SMILES string of the molecule is Cc1noc(CN2CCC(CC(=O)N3CC4CCCC4C3)CC2)n1. The summed E-state index contributed by atoms with van der Waals surface area (Å²) in [6.07, 6.45) is 6.98. The number of hydrogen-bond donors (Lipinski definition) is 0. The molecular formula is C18H28N4O2. The van der Waals surface area contributed by atoms with Gasteiger partial charge in [-0.05, 0) is 63.5 Å². The molecule has 1 aliphatic carbocycles. The van der Waals surface area contributed by atoms with Gasteiger partial charge in [-0.2, -0.15) is 4.98 Å². The first-order chi connectivity index (χ1) is 11.7.